The van der Waals surface area contributed by atoms with E-state index in [2.05, 4.69) is 57.2 Å². The highest BCUT2D eigenvalue weighted by atomic mass is 16.1. The Labute approximate surface area is 205 Å². The van der Waals surface area contributed by atoms with Crippen molar-refractivity contribution in [2.24, 2.45) is 0 Å². The number of carbonyl (C=O) groups is 1. The van der Waals surface area contributed by atoms with Gasteiger partial charge >= 0.3 is 0 Å². The van der Waals surface area contributed by atoms with Crippen LogP contribution in [0.15, 0.2) is 71.8 Å². The van der Waals surface area contributed by atoms with Crippen LogP contribution in [-0.2, 0) is 19.3 Å². The van der Waals surface area contributed by atoms with Crippen LogP contribution < -0.4 is 0 Å². The lowest BCUT2D eigenvalue weighted by atomic mass is 9.90. The lowest BCUT2D eigenvalue weighted by Crippen LogP contribution is -2.03. The van der Waals surface area contributed by atoms with Gasteiger partial charge in [-0.05, 0) is 92.2 Å². The number of aryl methyl sites for hydroxylation is 2. The molecule has 2 aromatic rings. The summed E-state index contributed by atoms with van der Waals surface area (Å²) in [5.74, 6) is -0.449. The first kappa shape index (κ1) is 25.4. The largest absolute Gasteiger partial charge is 0.277 e. The molecule has 0 atom stereocenters. The second kappa shape index (κ2) is 12.9. The highest BCUT2D eigenvalue weighted by molar-refractivity contribution is 6.08. The Hall–Kier alpha value is -3.18. The van der Waals surface area contributed by atoms with Gasteiger partial charge in [-0.25, -0.2) is 0 Å². The van der Waals surface area contributed by atoms with Crippen molar-refractivity contribution in [2.45, 2.75) is 78.6 Å². The number of nitriles is 1. The van der Waals surface area contributed by atoms with Crippen LogP contribution in [0.1, 0.15) is 91.9 Å². The minimum absolute atomic E-state index is 0.449. The van der Waals surface area contributed by atoms with Crippen molar-refractivity contribution in [1.82, 2.24) is 0 Å². The second-order valence-corrected chi connectivity index (χ2v) is 9.24. The molecule has 0 amide bonds. The first-order valence-electron chi connectivity index (χ1n) is 12.8. The van der Waals surface area contributed by atoms with E-state index < -0.39 is 5.78 Å². The van der Waals surface area contributed by atoms with Gasteiger partial charge in [-0.15, -0.1) is 0 Å². The topological polar surface area (TPSA) is 40.9 Å². The van der Waals surface area contributed by atoms with Gasteiger partial charge < -0.3 is 0 Å². The molecule has 3 rings (SSSR count). The summed E-state index contributed by atoms with van der Waals surface area (Å²) < 4.78 is 0. The van der Waals surface area contributed by atoms with Gasteiger partial charge in [0.25, 0.3) is 5.78 Å². The summed E-state index contributed by atoms with van der Waals surface area (Å²) in [7, 11) is 0. The van der Waals surface area contributed by atoms with E-state index in [-0.39, 0.29) is 0 Å². The third-order valence-electron chi connectivity index (χ3n) is 6.81. The van der Waals surface area contributed by atoms with Crippen molar-refractivity contribution in [3.8, 4) is 6.07 Å². The number of hydrogen-bond acceptors (Lipinski definition) is 2. The van der Waals surface area contributed by atoms with Crippen LogP contribution in [0.5, 0.6) is 0 Å². The molecule has 0 aliphatic heterocycles. The van der Waals surface area contributed by atoms with Crippen molar-refractivity contribution in [3.05, 3.63) is 99.7 Å². The zero-order chi connectivity index (χ0) is 24.3. The van der Waals surface area contributed by atoms with Crippen molar-refractivity contribution in [1.29, 1.82) is 5.26 Å². The molecule has 34 heavy (non-hydrogen) atoms. The monoisotopic (exact) mass is 451 g/mol. The van der Waals surface area contributed by atoms with Crippen LogP contribution in [0.3, 0.4) is 0 Å². The van der Waals surface area contributed by atoms with Gasteiger partial charge in [0.05, 0.1) is 0 Å². The molecular weight excluding hydrogens is 414 g/mol. The van der Waals surface area contributed by atoms with E-state index in [1.165, 1.54) is 33.4 Å². The van der Waals surface area contributed by atoms with Gasteiger partial charge in [0.2, 0.25) is 0 Å². The Morgan fingerprint density at radius 2 is 1.82 bits per heavy atom. The van der Waals surface area contributed by atoms with Crippen molar-refractivity contribution in [2.75, 3.05) is 0 Å². The fraction of sp³-hybridized carbons (Fsp3) is 0.375. The molecule has 0 saturated heterocycles. The fourth-order valence-electron chi connectivity index (χ4n) is 4.92. The summed E-state index contributed by atoms with van der Waals surface area (Å²) >= 11 is 0. The van der Waals surface area contributed by atoms with Gasteiger partial charge in [0, 0.05) is 5.56 Å². The summed E-state index contributed by atoms with van der Waals surface area (Å²) in [6.07, 6.45) is 16.4. The fourth-order valence-corrected chi connectivity index (χ4v) is 4.92. The normalized spacial score (nSPS) is 13.8. The second-order valence-electron chi connectivity index (χ2n) is 9.24. The smallest absolute Gasteiger partial charge is 0.262 e. The molecule has 2 heteroatoms. The highest BCUT2D eigenvalue weighted by Crippen LogP contribution is 2.27. The van der Waals surface area contributed by atoms with E-state index in [4.69, 9.17) is 5.26 Å². The Morgan fingerprint density at radius 3 is 2.53 bits per heavy atom. The molecule has 0 aromatic heterocycles. The van der Waals surface area contributed by atoms with Gasteiger partial charge in [-0.1, -0.05) is 86.0 Å². The molecule has 0 unspecified atom stereocenters. The van der Waals surface area contributed by atoms with Crippen LogP contribution in [0, 0.1) is 11.3 Å². The SMILES string of the molecule is CCC/C(CCCc1ccc(C2=CCCC=C2)cc1CC)=C(/C)Cc1ccccc1C(=O)C#N. The minimum Gasteiger partial charge on any atom is -0.277 e. The maximum atomic E-state index is 12.0. The number of carbonyl (C=O) groups excluding carboxylic acids is 1. The average molecular weight is 452 g/mol. The summed E-state index contributed by atoms with van der Waals surface area (Å²) in [6, 6.07) is 16.3. The molecule has 0 radical (unpaired) electrons. The molecule has 0 bridgehead atoms. The minimum atomic E-state index is -0.449. The number of benzene rings is 2. The van der Waals surface area contributed by atoms with Gasteiger partial charge in [-0.3, -0.25) is 4.79 Å². The molecule has 0 saturated carbocycles. The van der Waals surface area contributed by atoms with Crippen molar-refractivity contribution in [3.63, 3.8) is 0 Å². The van der Waals surface area contributed by atoms with Crippen LogP contribution in [0.25, 0.3) is 5.57 Å². The van der Waals surface area contributed by atoms with Crippen molar-refractivity contribution >= 4 is 11.4 Å². The maximum Gasteiger partial charge on any atom is 0.262 e. The van der Waals surface area contributed by atoms with Gasteiger partial charge in [0.15, 0.2) is 0 Å². The molecule has 2 nitrogen and oxygen atoms in total. The summed E-state index contributed by atoms with van der Waals surface area (Å²) in [4.78, 5) is 12.0. The van der Waals surface area contributed by atoms with E-state index in [1.54, 1.807) is 12.1 Å². The van der Waals surface area contributed by atoms with Crippen LogP contribution in [-0.4, -0.2) is 5.78 Å². The van der Waals surface area contributed by atoms with E-state index >= 15 is 0 Å². The first-order valence-corrected chi connectivity index (χ1v) is 12.8. The highest BCUT2D eigenvalue weighted by Gasteiger charge is 2.13. The number of rotatable bonds is 11. The Balaban J connectivity index is 1.71. The number of Topliss-reactive ketones (excluding diaryl/α,β-unsaturated/α-hetero) is 1. The summed E-state index contributed by atoms with van der Waals surface area (Å²) in [6.45, 7) is 6.67. The van der Waals surface area contributed by atoms with E-state index in [1.807, 2.05) is 18.2 Å². The Kier molecular flexibility index (Phi) is 9.65. The molecule has 176 valence electrons. The quantitative estimate of drug-likeness (QED) is 0.196. The van der Waals surface area contributed by atoms with Crippen LogP contribution in [0.4, 0.5) is 0 Å². The predicted molar refractivity (Wildman–Crippen MR) is 143 cm³/mol. The van der Waals surface area contributed by atoms with Crippen LogP contribution in [0.2, 0.25) is 0 Å². The Morgan fingerprint density at radius 1 is 1.00 bits per heavy atom. The summed E-state index contributed by atoms with van der Waals surface area (Å²) in [5, 5.41) is 9.08. The Bertz CT molecular complexity index is 1140. The molecule has 0 fully saturated rings. The third kappa shape index (κ3) is 6.67. The lowest BCUT2D eigenvalue weighted by molar-refractivity contribution is 0.105. The van der Waals surface area contributed by atoms with E-state index in [0.29, 0.717) is 5.56 Å². The number of nitrogens with zero attached hydrogens (tertiary/aromatic N) is 1. The van der Waals surface area contributed by atoms with Crippen molar-refractivity contribution < 1.29 is 4.79 Å². The molecule has 0 heterocycles. The lowest BCUT2D eigenvalue weighted by Gasteiger charge is -2.15. The van der Waals surface area contributed by atoms with Gasteiger partial charge in [0.1, 0.15) is 6.07 Å². The molecule has 0 spiro atoms. The predicted octanol–water partition coefficient (Wildman–Crippen LogP) is 8.37. The number of hydrogen-bond donors (Lipinski definition) is 0. The van der Waals surface area contributed by atoms with Crippen LogP contribution >= 0.6 is 0 Å². The average Bonchev–Trinajstić information content (AvgIpc) is 2.88. The number of ketones is 1. The zero-order valence-corrected chi connectivity index (χ0v) is 21.0. The molecular formula is C32H37NO. The molecule has 0 N–H and O–H groups in total. The zero-order valence-electron chi connectivity index (χ0n) is 21.0. The molecule has 2 aromatic carbocycles. The van der Waals surface area contributed by atoms with E-state index in [0.717, 1.165) is 63.4 Å². The molecule has 1 aliphatic rings. The third-order valence-corrected chi connectivity index (χ3v) is 6.81. The van der Waals surface area contributed by atoms with E-state index in [9.17, 15) is 4.79 Å². The summed E-state index contributed by atoms with van der Waals surface area (Å²) in [5.41, 5.74) is 9.93. The maximum absolute atomic E-state index is 12.0. The van der Waals surface area contributed by atoms with Gasteiger partial charge in [-0.2, -0.15) is 5.26 Å². The number of allylic oxidation sites excluding steroid dienone is 6. The first-order chi connectivity index (χ1) is 16.6. The molecule has 1 aliphatic carbocycles. The standard InChI is InChI=1S/C32H37NO/c1-4-12-26(24(3)21-30-15-9-10-18-31(30)32(34)23-33)16-11-17-28-19-20-29(22-25(28)5-2)27-13-7-6-8-14-27/h7,9-10,13-15,18-20,22H,4-6,8,11-12,16-17,21H2,1-3H3/b26-24+.